The molecule has 0 saturated heterocycles. The van der Waals surface area contributed by atoms with Crippen molar-refractivity contribution in [2.75, 3.05) is 32.2 Å². The molecule has 0 radical (unpaired) electrons. The van der Waals surface area contributed by atoms with Gasteiger partial charge < -0.3 is 25.3 Å². The Morgan fingerprint density at radius 1 is 1.19 bits per heavy atom. The molecule has 26 heavy (non-hydrogen) atoms. The molecule has 3 rings (SSSR count). The first-order chi connectivity index (χ1) is 12.7. The SMILES string of the molecule is COc1ccc(CCN=C(N)Nc2ccc3c(c2)OCCCO3)cc1F. The van der Waals surface area contributed by atoms with Crippen molar-refractivity contribution in [2.24, 2.45) is 10.7 Å². The zero-order valence-electron chi connectivity index (χ0n) is 14.6. The number of benzene rings is 2. The number of guanidine groups is 1. The molecule has 0 aliphatic carbocycles. The summed E-state index contributed by atoms with van der Waals surface area (Å²) >= 11 is 0. The van der Waals surface area contributed by atoms with E-state index in [4.69, 9.17) is 19.9 Å². The van der Waals surface area contributed by atoms with Gasteiger partial charge in [-0.1, -0.05) is 6.07 Å². The molecule has 0 amide bonds. The number of ether oxygens (including phenoxy) is 3. The van der Waals surface area contributed by atoms with E-state index < -0.39 is 0 Å². The number of nitrogens with one attached hydrogen (secondary N) is 1. The lowest BCUT2D eigenvalue weighted by Crippen LogP contribution is -2.23. The van der Waals surface area contributed by atoms with E-state index >= 15 is 0 Å². The molecule has 2 aromatic carbocycles. The molecular weight excluding hydrogens is 337 g/mol. The van der Waals surface area contributed by atoms with Crippen LogP contribution in [-0.2, 0) is 6.42 Å². The van der Waals surface area contributed by atoms with E-state index in [1.165, 1.54) is 13.2 Å². The van der Waals surface area contributed by atoms with Crippen molar-refractivity contribution < 1.29 is 18.6 Å². The monoisotopic (exact) mass is 359 g/mol. The molecule has 0 atom stereocenters. The van der Waals surface area contributed by atoms with Crippen LogP contribution in [0.15, 0.2) is 41.4 Å². The third-order valence-corrected chi connectivity index (χ3v) is 3.92. The van der Waals surface area contributed by atoms with Crippen LogP contribution in [-0.4, -0.2) is 32.8 Å². The number of fused-ring (bicyclic) bond motifs is 1. The van der Waals surface area contributed by atoms with Gasteiger partial charge in [0.15, 0.2) is 29.0 Å². The highest BCUT2D eigenvalue weighted by Gasteiger charge is 2.11. The van der Waals surface area contributed by atoms with E-state index in [1.54, 1.807) is 6.07 Å². The van der Waals surface area contributed by atoms with Crippen molar-refractivity contribution in [3.8, 4) is 17.2 Å². The lowest BCUT2D eigenvalue weighted by atomic mass is 10.1. The van der Waals surface area contributed by atoms with Crippen LogP contribution < -0.4 is 25.3 Å². The van der Waals surface area contributed by atoms with Gasteiger partial charge in [0.1, 0.15) is 0 Å². The highest BCUT2D eigenvalue weighted by Crippen LogP contribution is 2.32. The summed E-state index contributed by atoms with van der Waals surface area (Å²) in [4.78, 5) is 4.28. The normalized spacial score (nSPS) is 13.8. The van der Waals surface area contributed by atoms with Crippen molar-refractivity contribution in [1.82, 2.24) is 0 Å². The maximum absolute atomic E-state index is 13.7. The number of halogens is 1. The highest BCUT2D eigenvalue weighted by molar-refractivity contribution is 5.92. The van der Waals surface area contributed by atoms with Crippen LogP contribution in [0, 0.1) is 5.82 Å². The van der Waals surface area contributed by atoms with Gasteiger partial charge in [0, 0.05) is 24.7 Å². The minimum absolute atomic E-state index is 0.229. The molecule has 0 bridgehead atoms. The molecule has 0 saturated carbocycles. The number of hydrogen-bond acceptors (Lipinski definition) is 4. The second-order valence-electron chi connectivity index (χ2n) is 5.82. The van der Waals surface area contributed by atoms with Gasteiger partial charge in [0.25, 0.3) is 0 Å². The predicted molar refractivity (Wildman–Crippen MR) is 98.8 cm³/mol. The van der Waals surface area contributed by atoms with E-state index in [9.17, 15) is 4.39 Å². The lowest BCUT2D eigenvalue weighted by Gasteiger charge is -2.10. The van der Waals surface area contributed by atoms with Crippen LogP contribution in [0.1, 0.15) is 12.0 Å². The van der Waals surface area contributed by atoms with E-state index in [-0.39, 0.29) is 17.5 Å². The Hall–Kier alpha value is -2.96. The molecule has 3 N–H and O–H groups in total. The van der Waals surface area contributed by atoms with Crippen molar-refractivity contribution in [1.29, 1.82) is 0 Å². The fourth-order valence-electron chi connectivity index (χ4n) is 2.60. The summed E-state index contributed by atoms with van der Waals surface area (Å²) in [5, 5.41) is 3.03. The zero-order valence-corrected chi connectivity index (χ0v) is 14.6. The molecule has 0 aromatic heterocycles. The molecule has 0 fully saturated rings. The summed E-state index contributed by atoms with van der Waals surface area (Å²) in [7, 11) is 1.44. The minimum Gasteiger partial charge on any atom is -0.494 e. The van der Waals surface area contributed by atoms with E-state index in [1.807, 2.05) is 24.3 Å². The van der Waals surface area contributed by atoms with E-state index in [2.05, 4.69) is 10.3 Å². The molecule has 138 valence electrons. The maximum Gasteiger partial charge on any atom is 0.193 e. The molecule has 7 heteroatoms. The summed E-state index contributed by atoms with van der Waals surface area (Å²) in [5.41, 5.74) is 7.52. The Morgan fingerprint density at radius 2 is 2.00 bits per heavy atom. The summed E-state index contributed by atoms with van der Waals surface area (Å²) in [5.74, 6) is 1.55. The van der Waals surface area contributed by atoms with Crippen molar-refractivity contribution in [3.05, 3.63) is 47.8 Å². The van der Waals surface area contributed by atoms with E-state index in [0.717, 1.165) is 23.4 Å². The van der Waals surface area contributed by atoms with Crippen LogP contribution in [0.25, 0.3) is 0 Å². The fourth-order valence-corrected chi connectivity index (χ4v) is 2.60. The first kappa shape index (κ1) is 17.8. The molecule has 0 spiro atoms. The Kier molecular flexibility index (Phi) is 5.78. The summed E-state index contributed by atoms with van der Waals surface area (Å²) in [6.45, 7) is 1.71. The number of rotatable bonds is 5. The Bertz CT molecular complexity index is 796. The summed E-state index contributed by atoms with van der Waals surface area (Å²) in [6, 6.07) is 10.4. The van der Waals surface area contributed by atoms with Gasteiger partial charge in [-0.3, -0.25) is 4.99 Å². The predicted octanol–water partition coefficient (Wildman–Crippen LogP) is 2.96. The number of anilines is 1. The Morgan fingerprint density at radius 3 is 2.77 bits per heavy atom. The number of methoxy groups -OCH3 is 1. The molecular formula is C19H22FN3O3. The Balaban J connectivity index is 1.57. The third-order valence-electron chi connectivity index (χ3n) is 3.92. The van der Waals surface area contributed by atoms with Crippen LogP contribution in [0.2, 0.25) is 0 Å². The van der Waals surface area contributed by atoms with Crippen LogP contribution in [0.4, 0.5) is 10.1 Å². The second kappa shape index (κ2) is 8.42. The molecule has 1 aliphatic rings. The molecule has 1 heterocycles. The van der Waals surface area contributed by atoms with Crippen LogP contribution >= 0.6 is 0 Å². The molecule has 1 aliphatic heterocycles. The standard InChI is InChI=1S/C19H22FN3O3/c1-24-16-5-3-13(11-15(16)20)7-8-22-19(21)23-14-4-6-17-18(12-14)26-10-2-9-25-17/h3-6,11-12H,2,7-10H2,1H3,(H3,21,22,23). The van der Waals surface area contributed by atoms with Gasteiger partial charge in [-0.05, 0) is 36.2 Å². The lowest BCUT2D eigenvalue weighted by molar-refractivity contribution is 0.297. The second-order valence-corrected chi connectivity index (χ2v) is 5.82. The quantitative estimate of drug-likeness (QED) is 0.634. The number of nitrogens with two attached hydrogens (primary N) is 1. The molecule has 0 unspecified atom stereocenters. The number of nitrogens with zero attached hydrogens (tertiary/aromatic N) is 1. The van der Waals surface area contributed by atoms with Gasteiger partial charge >= 0.3 is 0 Å². The van der Waals surface area contributed by atoms with Gasteiger partial charge in [0.05, 0.1) is 20.3 Å². The molecule has 2 aromatic rings. The minimum atomic E-state index is -0.382. The largest absolute Gasteiger partial charge is 0.494 e. The first-order valence-corrected chi connectivity index (χ1v) is 8.45. The first-order valence-electron chi connectivity index (χ1n) is 8.45. The third kappa shape index (κ3) is 4.56. The maximum atomic E-state index is 13.7. The van der Waals surface area contributed by atoms with Crippen molar-refractivity contribution in [2.45, 2.75) is 12.8 Å². The van der Waals surface area contributed by atoms with Gasteiger partial charge in [-0.25, -0.2) is 4.39 Å². The number of aliphatic imine (C=N–C) groups is 1. The van der Waals surface area contributed by atoms with Gasteiger partial charge in [-0.2, -0.15) is 0 Å². The van der Waals surface area contributed by atoms with Crippen molar-refractivity contribution >= 4 is 11.6 Å². The van der Waals surface area contributed by atoms with Gasteiger partial charge in [0.2, 0.25) is 0 Å². The number of hydrogen-bond donors (Lipinski definition) is 2. The smallest absolute Gasteiger partial charge is 0.193 e. The average Bonchev–Trinajstić information content (AvgIpc) is 2.87. The Labute approximate surface area is 151 Å². The summed E-state index contributed by atoms with van der Waals surface area (Å²) < 4.78 is 29.8. The van der Waals surface area contributed by atoms with Crippen LogP contribution in [0.5, 0.6) is 17.2 Å². The van der Waals surface area contributed by atoms with E-state index in [0.29, 0.717) is 31.9 Å². The average molecular weight is 359 g/mol. The van der Waals surface area contributed by atoms with Crippen molar-refractivity contribution in [3.63, 3.8) is 0 Å². The fraction of sp³-hybridized carbons (Fsp3) is 0.316. The van der Waals surface area contributed by atoms with Crippen LogP contribution in [0.3, 0.4) is 0 Å². The topological polar surface area (TPSA) is 78.1 Å². The summed E-state index contributed by atoms with van der Waals surface area (Å²) in [6.07, 6.45) is 1.43. The molecule has 6 nitrogen and oxygen atoms in total. The highest BCUT2D eigenvalue weighted by atomic mass is 19.1. The van der Waals surface area contributed by atoms with Gasteiger partial charge in [-0.15, -0.1) is 0 Å². The zero-order chi connectivity index (χ0) is 18.4.